The molecule has 1 aromatic carbocycles. The standard InChI is InChI=1S/C16H23F2N/c1-3-19-16(12-5-4-11(2)8-12)10-13-9-14(17)6-7-15(13)18/h6-7,9,11-12,16,19H,3-5,8,10H2,1-2H3. The lowest BCUT2D eigenvalue weighted by Crippen LogP contribution is -2.37. The van der Waals surface area contributed by atoms with Gasteiger partial charge < -0.3 is 5.32 Å². The van der Waals surface area contributed by atoms with Crippen molar-refractivity contribution in [3.8, 4) is 0 Å². The molecule has 1 aliphatic rings. The van der Waals surface area contributed by atoms with Gasteiger partial charge in [0.1, 0.15) is 11.6 Å². The van der Waals surface area contributed by atoms with Gasteiger partial charge in [0, 0.05) is 6.04 Å². The van der Waals surface area contributed by atoms with E-state index in [9.17, 15) is 8.78 Å². The van der Waals surface area contributed by atoms with E-state index in [1.807, 2.05) is 0 Å². The van der Waals surface area contributed by atoms with E-state index in [0.29, 0.717) is 17.9 Å². The van der Waals surface area contributed by atoms with Crippen LogP contribution >= 0.6 is 0 Å². The molecule has 0 radical (unpaired) electrons. The highest BCUT2D eigenvalue weighted by molar-refractivity contribution is 5.20. The molecule has 19 heavy (non-hydrogen) atoms. The van der Waals surface area contributed by atoms with Crippen molar-refractivity contribution >= 4 is 0 Å². The smallest absolute Gasteiger partial charge is 0.126 e. The third-order valence-electron chi connectivity index (χ3n) is 4.22. The second kappa shape index (κ2) is 6.47. The van der Waals surface area contributed by atoms with Crippen molar-refractivity contribution in [2.24, 2.45) is 11.8 Å². The van der Waals surface area contributed by atoms with Crippen LogP contribution in [0.25, 0.3) is 0 Å². The van der Waals surface area contributed by atoms with Crippen LogP contribution in [0.15, 0.2) is 18.2 Å². The van der Waals surface area contributed by atoms with Crippen molar-refractivity contribution < 1.29 is 8.78 Å². The summed E-state index contributed by atoms with van der Waals surface area (Å²) in [4.78, 5) is 0. The van der Waals surface area contributed by atoms with Crippen LogP contribution in [0.1, 0.15) is 38.7 Å². The van der Waals surface area contributed by atoms with Crippen molar-refractivity contribution in [1.29, 1.82) is 0 Å². The third-order valence-corrected chi connectivity index (χ3v) is 4.22. The Kier molecular flexibility index (Phi) is 4.92. The molecule has 1 saturated carbocycles. The van der Waals surface area contributed by atoms with Crippen LogP contribution < -0.4 is 5.32 Å². The number of benzene rings is 1. The van der Waals surface area contributed by atoms with Crippen molar-refractivity contribution in [3.05, 3.63) is 35.4 Å². The summed E-state index contributed by atoms with van der Waals surface area (Å²) in [5.74, 6) is 0.683. The molecular formula is C16H23F2N. The molecule has 1 fully saturated rings. The van der Waals surface area contributed by atoms with Gasteiger partial charge in [-0.25, -0.2) is 8.78 Å². The van der Waals surface area contributed by atoms with Crippen LogP contribution in [-0.2, 0) is 6.42 Å². The Morgan fingerprint density at radius 3 is 2.74 bits per heavy atom. The van der Waals surface area contributed by atoms with E-state index in [1.54, 1.807) is 0 Å². The van der Waals surface area contributed by atoms with E-state index in [1.165, 1.54) is 37.5 Å². The average molecular weight is 267 g/mol. The molecular weight excluding hydrogens is 244 g/mol. The first-order valence-electron chi connectivity index (χ1n) is 7.27. The fourth-order valence-electron chi connectivity index (χ4n) is 3.22. The molecule has 1 nitrogen and oxygen atoms in total. The largest absolute Gasteiger partial charge is 0.314 e. The molecule has 0 saturated heterocycles. The Bertz CT molecular complexity index is 419. The van der Waals surface area contributed by atoms with Gasteiger partial charge in [0.15, 0.2) is 0 Å². The van der Waals surface area contributed by atoms with Gasteiger partial charge in [-0.1, -0.05) is 20.3 Å². The summed E-state index contributed by atoms with van der Waals surface area (Å²) in [5, 5.41) is 3.45. The highest BCUT2D eigenvalue weighted by Gasteiger charge is 2.28. The molecule has 0 amide bonds. The molecule has 2 rings (SSSR count). The zero-order valence-corrected chi connectivity index (χ0v) is 11.8. The Hall–Kier alpha value is -0.960. The van der Waals surface area contributed by atoms with E-state index in [0.717, 1.165) is 12.5 Å². The zero-order chi connectivity index (χ0) is 13.8. The summed E-state index contributed by atoms with van der Waals surface area (Å²) in [6.45, 7) is 5.20. The summed E-state index contributed by atoms with van der Waals surface area (Å²) in [7, 11) is 0. The van der Waals surface area contributed by atoms with Crippen LogP contribution in [-0.4, -0.2) is 12.6 Å². The molecule has 0 heterocycles. The molecule has 0 aliphatic heterocycles. The number of nitrogens with one attached hydrogen (secondary N) is 1. The maximum atomic E-state index is 13.7. The lowest BCUT2D eigenvalue weighted by molar-refractivity contribution is 0.350. The van der Waals surface area contributed by atoms with Gasteiger partial charge in [-0.3, -0.25) is 0 Å². The Balaban J connectivity index is 2.09. The van der Waals surface area contributed by atoms with Crippen molar-refractivity contribution in [3.63, 3.8) is 0 Å². The second-order valence-electron chi connectivity index (χ2n) is 5.78. The molecule has 3 atom stereocenters. The minimum atomic E-state index is -0.355. The van der Waals surface area contributed by atoms with Crippen LogP contribution in [0.3, 0.4) is 0 Å². The minimum Gasteiger partial charge on any atom is -0.314 e. The summed E-state index contributed by atoms with van der Waals surface area (Å²) in [6.07, 6.45) is 4.21. The molecule has 3 heteroatoms. The molecule has 1 aliphatic carbocycles. The van der Waals surface area contributed by atoms with Gasteiger partial charge in [0.05, 0.1) is 0 Å². The van der Waals surface area contributed by atoms with Gasteiger partial charge in [-0.05, 0) is 61.4 Å². The number of likely N-dealkylation sites (N-methyl/N-ethyl adjacent to an activating group) is 1. The first-order chi connectivity index (χ1) is 9.10. The summed E-state index contributed by atoms with van der Waals surface area (Å²) in [6, 6.07) is 3.99. The second-order valence-corrected chi connectivity index (χ2v) is 5.78. The molecule has 1 aromatic rings. The lowest BCUT2D eigenvalue weighted by atomic mass is 9.91. The van der Waals surface area contributed by atoms with Crippen LogP contribution in [0.4, 0.5) is 8.78 Å². The normalized spacial score (nSPS) is 24.6. The number of hydrogen-bond acceptors (Lipinski definition) is 1. The van der Waals surface area contributed by atoms with Gasteiger partial charge in [-0.15, -0.1) is 0 Å². The Morgan fingerprint density at radius 2 is 2.11 bits per heavy atom. The fraction of sp³-hybridized carbons (Fsp3) is 0.625. The summed E-state index contributed by atoms with van der Waals surface area (Å²) >= 11 is 0. The van der Waals surface area contributed by atoms with Gasteiger partial charge in [0.25, 0.3) is 0 Å². The summed E-state index contributed by atoms with van der Waals surface area (Å²) < 4.78 is 27.0. The van der Waals surface area contributed by atoms with Crippen molar-refractivity contribution in [2.75, 3.05) is 6.54 Å². The maximum absolute atomic E-state index is 13.7. The topological polar surface area (TPSA) is 12.0 Å². The highest BCUT2D eigenvalue weighted by atomic mass is 19.1. The van der Waals surface area contributed by atoms with Gasteiger partial charge in [0.2, 0.25) is 0 Å². The maximum Gasteiger partial charge on any atom is 0.126 e. The fourth-order valence-corrected chi connectivity index (χ4v) is 3.22. The monoisotopic (exact) mass is 267 g/mol. The molecule has 0 bridgehead atoms. The SMILES string of the molecule is CCNC(Cc1cc(F)ccc1F)C1CCC(C)C1. The van der Waals surface area contributed by atoms with E-state index in [-0.39, 0.29) is 17.7 Å². The van der Waals surface area contributed by atoms with E-state index in [4.69, 9.17) is 0 Å². The molecule has 0 spiro atoms. The number of hydrogen-bond donors (Lipinski definition) is 1. The predicted octanol–water partition coefficient (Wildman–Crippen LogP) is 3.92. The van der Waals surface area contributed by atoms with Crippen LogP contribution in [0.5, 0.6) is 0 Å². The average Bonchev–Trinajstić information content (AvgIpc) is 2.80. The predicted molar refractivity (Wildman–Crippen MR) is 74.0 cm³/mol. The first kappa shape index (κ1) is 14.4. The molecule has 106 valence electrons. The Labute approximate surface area is 114 Å². The minimum absolute atomic E-state index is 0.256. The molecule has 3 unspecified atom stereocenters. The van der Waals surface area contributed by atoms with E-state index < -0.39 is 0 Å². The van der Waals surface area contributed by atoms with E-state index >= 15 is 0 Å². The third kappa shape index (κ3) is 3.75. The van der Waals surface area contributed by atoms with E-state index in [2.05, 4.69) is 19.2 Å². The number of rotatable bonds is 5. The number of halogens is 2. The van der Waals surface area contributed by atoms with Gasteiger partial charge in [-0.2, -0.15) is 0 Å². The molecule has 0 aromatic heterocycles. The summed E-state index contributed by atoms with van der Waals surface area (Å²) in [5.41, 5.74) is 0.491. The molecule has 1 N–H and O–H groups in total. The van der Waals surface area contributed by atoms with Gasteiger partial charge >= 0.3 is 0 Å². The van der Waals surface area contributed by atoms with Crippen molar-refractivity contribution in [1.82, 2.24) is 5.32 Å². The zero-order valence-electron chi connectivity index (χ0n) is 11.8. The quantitative estimate of drug-likeness (QED) is 0.852. The van der Waals surface area contributed by atoms with Crippen LogP contribution in [0.2, 0.25) is 0 Å². The van der Waals surface area contributed by atoms with Crippen molar-refractivity contribution in [2.45, 2.75) is 45.6 Å². The Morgan fingerprint density at radius 1 is 1.32 bits per heavy atom. The first-order valence-corrected chi connectivity index (χ1v) is 7.27. The highest BCUT2D eigenvalue weighted by Crippen LogP contribution is 2.34. The van der Waals surface area contributed by atoms with Crippen LogP contribution in [0, 0.1) is 23.5 Å². The lowest BCUT2D eigenvalue weighted by Gasteiger charge is -2.25.